The van der Waals surface area contributed by atoms with Crippen LogP contribution in [0.1, 0.15) is 40.7 Å². The van der Waals surface area contributed by atoms with E-state index in [0.717, 1.165) is 40.7 Å². The van der Waals surface area contributed by atoms with E-state index in [9.17, 15) is 14.7 Å². The number of aliphatic hydroxyl groups is 1. The van der Waals surface area contributed by atoms with Gasteiger partial charge in [-0.15, -0.1) is 0 Å². The Hall–Kier alpha value is -3.46. The van der Waals surface area contributed by atoms with Crippen molar-refractivity contribution < 1.29 is 24.2 Å². The predicted molar refractivity (Wildman–Crippen MR) is 140 cm³/mol. The normalized spacial score (nSPS) is 20.5. The van der Waals surface area contributed by atoms with Gasteiger partial charge in [0.15, 0.2) is 5.76 Å². The number of fused-ring (bicyclic) bond motifs is 1. The summed E-state index contributed by atoms with van der Waals surface area (Å²) >= 11 is 0. The number of hydrogen-bond acceptors (Lipinski definition) is 6. The number of carbonyl (C=O) groups is 2. The van der Waals surface area contributed by atoms with Crippen molar-refractivity contribution >= 4 is 22.7 Å². The maximum atomic E-state index is 13.5. The first-order chi connectivity index (χ1) is 17.9. The molecule has 194 valence electrons. The van der Waals surface area contributed by atoms with Gasteiger partial charge in [-0.3, -0.25) is 14.2 Å². The van der Waals surface area contributed by atoms with Crippen molar-refractivity contribution in [3.8, 4) is 0 Å². The Morgan fingerprint density at radius 1 is 1.03 bits per heavy atom. The van der Waals surface area contributed by atoms with Gasteiger partial charge in [0.1, 0.15) is 0 Å². The minimum Gasteiger partial charge on any atom is -0.459 e. The molecule has 0 spiro atoms. The third-order valence-electron chi connectivity index (χ3n) is 7.18. The Labute approximate surface area is 216 Å². The Morgan fingerprint density at radius 2 is 1.73 bits per heavy atom. The van der Waals surface area contributed by atoms with Crippen molar-refractivity contribution in [1.29, 1.82) is 0 Å². The highest BCUT2D eigenvalue weighted by Gasteiger charge is 2.33. The van der Waals surface area contributed by atoms with Crippen molar-refractivity contribution in [3.63, 3.8) is 0 Å². The summed E-state index contributed by atoms with van der Waals surface area (Å²) in [7, 11) is 2.05. The number of likely N-dealkylation sites (N-methyl/N-ethyl adjacent to an activating group) is 1. The monoisotopic (exact) mass is 503 g/mol. The molecular weight excluding hydrogens is 470 g/mol. The van der Waals surface area contributed by atoms with Crippen LogP contribution in [0.2, 0.25) is 0 Å². The van der Waals surface area contributed by atoms with Crippen molar-refractivity contribution in [2.75, 3.05) is 33.2 Å². The molecule has 2 atom stereocenters. The predicted octanol–water partition coefficient (Wildman–Crippen LogP) is 3.50. The maximum absolute atomic E-state index is 13.5. The molecule has 3 heterocycles. The lowest BCUT2D eigenvalue weighted by Gasteiger charge is -2.35. The van der Waals surface area contributed by atoms with E-state index in [2.05, 4.69) is 11.9 Å². The highest BCUT2D eigenvalue weighted by atomic mass is 16.7. The number of nitrogens with zero attached hydrogens (tertiary/aromatic N) is 3. The minimum absolute atomic E-state index is 0.00895. The third-order valence-corrected chi connectivity index (χ3v) is 7.18. The van der Waals surface area contributed by atoms with Crippen LogP contribution >= 0.6 is 0 Å². The van der Waals surface area contributed by atoms with E-state index in [4.69, 9.17) is 9.47 Å². The molecule has 0 radical (unpaired) electrons. The summed E-state index contributed by atoms with van der Waals surface area (Å²) in [5, 5.41) is 10.3. The molecule has 5 rings (SSSR count). The van der Waals surface area contributed by atoms with E-state index in [1.165, 1.54) is 0 Å². The maximum Gasteiger partial charge on any atom is 0.288 e. The van der Waals surface area contributed by atoms with Crippen molar-refractivity contribution in [2.45, 2.75) is 38.8 Å². The average molecular weight is 504 g/mol. The van der Waals surface area contributed by atoms with Crippen LogP contribution in [0.5, 0.6) is 0 Å². The highest BCUT2D eigenvalue weighted by Crippen LogP contribution is 2.37. The number of amides is 1. The summed E-state index contributed by atoms with van der Waals surface area (Å²) in [5.74, 6) is -0.0612. The minimum atomic E-state index is -0.627. The number of ether oxygens (including phenoxy) is 2. The van der Waals surface area contributed by atoms with Crippen LogP contribution in [0.25, 0.3) is 10.9 Å². The second-order valence-electron chi connectivity index (χ2n) is 9.79. The average Bonchev–Trinajstić information content (AvgIpc) is 3.32. The number of aromatic nitrogens is 1. The number of hydrogen-bond donors (Lipinski definition) is 1. The summed E-state index contributed by atoms with van der Waals surface area (Å²) in [4.78, 5) is 29.9. The second-order valence-corrected chi connectivity index (χ2v) is 9.79. The molecule has 1 N–H and O–H groups in total. The molecule has 1 aromatic heterocycles. The van der Waals surface area contributed by atoms with E-state index in [0.29, 0.717) is 31.9 Å². The van der Waals surface area contributed by atoms with Crippen molar-refractivity contribution in [3.05, 3.63) is 83.3 Å². The molecule has 0 aliphatic carbocycles. The SMILES string of the molecule is CC(=O)n1cc([C@H]2C=C(C(=O)N3CCN(C)CC3)O[C@@H](OCc3ccc(CO)cc3)C2)c2ccccc21. The molecule has 2 aliphatic heterocycles. The Kier molecular flexibility index (Phi) is 7.41. The van der Waals surface area contributed by atoms with Crippen molar-refractivity contribution in [1.82, 2.24) is 14.4 Å². The molecule has 0 saturated carbocycles. The summed E-state index contributed by atoms with van der Waals surface area (Å²) in [6, 6.07) is 15.4. The van der Waals surface area contributed by atoms with Gasteiger partial charge in [-0.05, 0) is 35.9 Å². The molecule has 37 heavy (non-hydrogen) atoms. The first kappa shape index (κ1) is 25.2. The number of aliphatic hydroxyl groups excluding tert-OH is 1. The van der Waals surface area contributed by atoms with Gasteiger partial charge in [-0.25, -0.2) is 0 Å². The van der Waals surface area contributed by atoms with Gasteiger partial charge in [0.05, 0.1) is 18.7 Å². The van der Waals surface area contributed by atoms with E-state index >= 15 is 0 Å². The van der Waals surface area contributed by atoms with E-state index in [1.54, 1.807) is 11.5 Å². The molecule has 0 bridgehead atoms. The first-order valence-corrected chi connectivity index (χ1v) is 12.7. The molecule has 1 amide bonds. The van der Waals surface area contributed by atoms with E-state index in [-0.39, 0.29) is 24.3 Å². The van der Waals surface area contributed by atoms with Crippen LogP contribution in [-0.4, -0.2) is 70.8 Å². The highest BCUT2D eigenvalue weighted by molar-refractivity contribution is 5.95. The number of rotatable bonds is 6. The fourth-order valence-electron chi connectivity index (χ4n) is 4.99. The van der Waals surface area contributed by atoms with Crippen LogP contribution in [0.15, 0.2) is 66.6 Å². The fraction of sp³-hybridized carbons (Fsp3) is 0.379. The van der Waals surface area contributed by atoms with Gasteiger partial charge in [0.2, 0.25) is 12.2 Å². The van der Waals surface area contributed by atoms with Gasteiger partial charge >= 0.3 is 0 Å². The fourth-order valence-corrected chi connectivity index (χ4v) is 4.99. The zero-order chi connectivity index (χ0) is 25.9. The molecule has 8 nitrogen and oxygen atoms in total. The van der Waals surface area contributed by atoms with Crippen LogP contribution in [0.4, 0.5) is 0 Å². The zero-order valence-corrected chi connectivity index (χ0v) is 21.3. The van der Waals surface area contributed by atoms with Crippen molar-refractivity contribution in [2.24, 2.45) is 0 Å². The number of carbonyl (C=O) groups excluding carboxylic acids is 2. The lowest BCUT2D eigenvalue weighted by molar-refractivity contribution is -0.156. The smallest absolute Gasteiger partial charge is 0.288 e. The second kappa shape index (κ2) is 10.9. The summed E-state index contributed by atoms with van der Waals surface area (Å²) in [5.41, 5.74) is 3.60. The number of benzene rings is 2. The van der Waals surface area contributed by atoms with Gasteiger partial charge < -0.3 is 24.4 Å². The van der Waals surface area contributed by atoms with Crippen LogP contribution < -0.4 is 0 Å². The molecule has 8 heteroatoms. The van der Waals surface area contributed by atoms with Gasteiger partial charge in [0, 0.05) is 57.0 Å². The summed E-state index contributed by atoms with van der Waals surface area (Å²) in [6.07, 6.45) is 3.66. The zero-order valence-electron chi connectivity index (χ0n) is 21.3. The molecule has 2 aromatic carbocycles. The first-order valence-electron chi connectivity index (χ1n) is 12.7. The number of piperazine rings is 1. The lowest BCUT2D eigenvalue weighted by atomic mass is 9.92. The number of allylic oxidation sites excluding steroid dienone is 1. The Balaban J connectivity index is 1.43. The van der Waals surface area contributed by atoms with Gasteiger partial charge in [-0.2, -0.15) is 0 Å². The van der Waals surface area contributed by atoms with Crippen LogP contribution in [-0.2, 0) is 27.5 Å². The standard InChI is InChI=1S/C29H33N3O5/c1-20(34)32-17-25(24-5-3-4-6-26(24)32)23-15-27(29(35)31-13-11-30(2)12-14-31)37-28(16-23)36-19-22-9-7-21(18-33)8-10-22/h3-10,15,17,23,28,33H,11-14,16,18-19H2,1-2H3/t23-,28+/m0/s1. The lowest BCUT2D eigenvalue weighted by Crippen LogP contribution is -2.48. The molecular formula is C29H33N3O5. The van der Waals surface area contributed by atoms with E-state index < -0.39 is 6.29 Å². The number of para-hydroxylation sites is 1. The summed E-state index contributed by atoms with van der Waals surface area (Å²) in [6.45, 7) is 4.78. The molecule has 1 saturated heterocycles. The van der Waals surface area contributed by atoms with Crippen LogP contribution in [0.3, 0.4) is 0 Å². The Morgan fingerprint density at radius 3 is 2.43 bits per heavy atom. The van der Waals surface area contributed by atoms with Gasteiger partial charge in [0.25, 0.3) is 5.91 Å². The molecule has 2 aliphatic rings. The quantitative estimate of drug-likeness (QED) is 0.554. The largest absolute Gasteiger partial charge is 0.459 e. The van der Waals surface area contributed by atoms with Gasteiger partial charge in [-0.1, -0.05) is 42.5 Å². The topological polar surface area (TPSA) is 84.2 Å². The molecule has 0 unspecified atom stereocenters. The van der Waals surface area contributed by atoms with E-state index in [1.807, 2.05) is 65.7 Å². The Bertz CT molecular complexity index is 1300. The summed E-state index contributed by atoms with van der Waals surface area (Å²) < 4.78 is 14.0. The third kappa shape index (κ3) is 5.46. The van der Waals surface area contributed by atoms with Crippen LogP contribution in [0, 0.1) is 0 Å². The molecule has 3 aromatic rings. The molecule has 1 fully saturated rings.